The standard InChI is InChI=1S/C13H21N/c1-10-7-8-12(14(5)6)11(9-10)13(2,3)4/h7-9H,1-6H3. The van der Waals surface area contributed by atoms with E-state index in [4.69, 9.17) is 0 Å². The molecule has 0 saturated heterocycles. The molecule has 1 aromatic rings. The summed E-state index contributed by atoms with van der Waals surface area (Å²) >= 11 is 0. The molecule has 1 aromatic carbocycles. The van der Waals surface area contributed by atoms with Crippen molar-refractivity contribution in [2.45, 2.75) is 33.1 Å². The predicted molar refractivity (Wildman–Crippen MR) is 64.2 cm³/mol. The fourth-order valence-corrected chi connectivity index (χ4v) is 1.64. The Bertz CT molecular complexity index is 318. The minimum atomic E-state index is 0.214. The first kappa shape index (κ1) is 11.1. The van der Waals surface area contributed by atoms with Crippen molar-refractivity contribution >= 4 is 5.69 Å². The van der Waals surface area contributed by atoms with Gasteiger partial charge in [0.2, 0.25) is 0 Å². The lowest BCUT2D eigenvalue weighted by Crippen LogP contribution is -2.19. The van der Waals surface area contributed by atoms with Crippen LogP contribution in [0.1, 0.15) is 31.9 Å². The molecule has 0 saturated carbocycles. The minimum absolute atomic E-state index is 0.214. The molecular formula is C13H21N. The van der Waals surface area contributed by atoms with Crippen molar-refractivity contribution in [1.29, 1.82) is 0 Å². The van der Waals surface area contributed by atoms with Crippen molar-refractivity contribution in [3.8, 4) is 0 Å². The first-order valence-electron chi connectivity index (χ1n) is 5.11. The molecule has 0 atom stereocenters. The van der Waals surface area contributed by atoms with E-state index in [1.165, 1.54) is 16.8 Å². The van der Waals surface area contributed by atoms with Gasteiger partial charge in [0.1, 0.15) is 0 Å². The van der Waals surface area contributed by atoms with E-state index in [0.717, 1.165) is 0 Å². The van der Waals surface area contributed by atoms with E-state index >= 15 is 0 Å². The van der Waals surface area contributed by atoms with Gasteiger partial charge in [0, 0.05) is 19.8 Å². The average Bonchev–Trinajstić information content (AvgIpc) is 2.01. The largest absolute Gasteiger partial charge is 0.377 e. The van der Waals surface area contributed by atoms with Crippen LogP contribution < -0.4 is 4.90 Å². The van der Waals surface area contributed by atoms with Crippen LogP contribution in [0, 0.1) is 6.92 Å². The second kappa shape index (κ2) is 3.64. The third-order valence-corrected chi connectivity index (χ3v) is 2.44. The van der Waals surface area contributed by atoms with E-state index < -0.39 is 0 Å². The molecule has 0 aliphatic heterocycles. The summed E-state index contributed by atoms with van der Waals surface area (Å²) in [6, 6.07) is 6.66. The zero-order chi connectivity index (χ0) is 10.9. The fourth-order valence-electron chi connectivity index (χ4n) is 1.64. The highest BCUT2D eigenvalue weighted by molar-refractivity contribution is 5.56. The van der Waals surface area contributed by atoms with E-state index in [1.54, 1.807) is 0 Å². The molecule has 0 aliphatic carbocycles. The maximum Gasteiger partial charge on any atom is 0.0399 e. The molecule has 1 nitrogen and oxygen atoms in total. The van der Waals surface area contributed by atoms with Crippen molar-refractivity contribution in [2.24, 2.45) is 0 Å². The molecule has 0 N–H and O–H groups in total. The molecule has 0 fully saturated rings. The SMILES string of the molecule is Cc1ccc(N(C)C)c(C(C)(C)C)c1. The Morgan fingerprint density at radius 2 is 1.64 bits per heavy atom. The summed E-state index contributed by atoms with van der Waals surface area (Å²) in [6.07, 6.45) is 0. The monoisotopic (exact) mass is 191 g/mol. The summed E-state index contributed by atoms with van der Waals surface area (Å²) in [5, 5.41) is 0. The maximum atomic E-state index is 2.29. The van der Waals surface area contributed by atoms with Gasteiger partial charge in [0.25, 0.3) is 0 Å². The van der Waals surface area contributed by atoms with E-state index in [9.17, 15) is 0 Å². The topological polar surface area (TPSA) is 3.24 Å². The lowest BCUT2D eigenvalue weighted by Gasteiger charge is -2.27. The normalized spacial score (nSPS) is 11.6. The van der Waals surface area contributed by atoms with E-state index in [2.05, 4.69) is 64.9 Å². The molecule has 0 aromatic heterocycles. The van der Waals surface area contributed by atoms with Gasteiger partial charge in [-0.25, -0.2) is 0 Å². The number of anilines is 1. The fraction of sp³-hybridized carbons (Fsp3) is 0.538. The Morgan fingerprint density at radius 1 is 1.07 bits per heavy atom. The van der Waals surface area contributed by atoms with Crippen LogP contribution in [-0.4, -0.2) is 14.1 Å². The van der Waals surface area contributed by atoms with Crippen LogP contribution in [0.4, 0.5) is 5.69 Å². The van der Waals surface area contributed by atoms with Crippen LogP contribution >= 0.6 is 0 Å². The smallest absolute Gasteiger partial charge is 0.0399 e. The van der Waals surface area contributed by atoms with Crippen molar-refractivity contribution in [3.63, 3.8) is 0 Å². The van der Waals surface area contributed by atoms with Gasteiger partial charge in [0.15, 0.2) is 0 Å². The van der Waals surface area contributed by atoms with Crippen LogP contribution in [0.15, 0.2) is 18.2 Å². The third kappa shape index (κ3) is 2.28. The summed E-state index contributed by atoms with van der Waals surface area (Å²) in [5.74, 6) is 0. The number of rotatable bonds is 1. The zero-order valence-electron chi connectivity index (χ0n) is 10.2. The summed E-state index contributed by atoms with van der Waals surface area (Å²) in [5.41, 5.74) is 4.29. The Morgan fingerprint density at radius 3 is 2.07 bits per heavy atom. The summed E-state index contributed by atoms with van der Waals surface area (Å²) in [7, 11) is 4.19. The number of hydrogen-bond donors (Lipinski definition) is 0. The second-order valence-electron chi connectivity index (χ2n) is 5.17. The molecule has 0 aliphatic rings. The molecule has 0 unspecified atom stereocenters. The molecule has 0 amide bonds. The van der Waals surface area contributed by atoms with Crippen molar-refractivity contribution in [2.75, 3.05) is 19.0 Å². The van der Waals surface area contributed by atoms with Crippen molar-refractivity contribution in [3.05, 3.63) is 29.3 Å². The van der Waals surface area contributed by atoms with Gasteiger partial charge in [-0.05, 0) is 24.0 Å². The molecule has 14 heavy (non-hydrogen) atoms. The van der Waals surface area contributed by atoms with E-state index in [1.807, 2.05) is 0 Å². The first-order chi connectivity index (χ1) is 6.32. The van der Waals surface area contributed by atoms with Crippen molar-refractivity contribution in [1.82, 2.24) is 0 Å². The average molecular weight is 191 g/mol. The van der Waals surface area contributed by atoms with Gasteiger partial charge in [-0.15, -0.1) is 0 Å². The lowest BCUT2D eigenvalue weighted by atomic mass is 9.84. The van der Waals surface area contributed by atoms with Crippen LogP contribution in [0.5, 0.6) is 0 Å². The minimum Gasteiger partial charge on any atom is -0.377 e. The summed E-state index contributed by atoms with van der Waals surface area (Å²) < 4.78 is 0. The molecule has 1 rings (SSSR count). The van der Waals surface area contributed by atoms with Crippen LogP contribution in [0.3, 0.4) is 0 Å². The number of aryl methyl sites for hydroxylation is 1. The van der Waals surface area contributed by atoms with Crippen LogP contribution in [0.25, 0.3) is 0 Å². The Labute approximate surface area is 87.7 Å². The number of hydrogen-bond acceptors (Lipinski definition) is 1. The number of nitrogens with zero attached hydrogens (tertiary/aromatic N) is 1. The van der Waals surface area contributed by atoms with E-state index in [-0.39, 0.29) is 5.41 Å². The molecular weight excluding hydrogens is 170 g/mol. The molecule has 0 bridgehead atoms. The maximum absolute atomic E-state index is 2.29. The van der Waals surface area contributed by atoms with Crippen LogP contribution in [-0.2, 0) is 5.41 Å². The van der Waals surface area contributed by atoms with Gasteiger partial charge < -0.3 is 4.90 Å². The van der Waals surface area contributed by atoms with Gasteiger partial charge in [-0.2, -0.15) is 0 Å². The van der Waals surface area contributed by atoms with Crippen LogP contribution in [0.2, 0.25) is 0 Å². The van der Waals surface area contributed by atoms with E-state index in [0.29, 0.717) is 0 Å². The highest BCUT2D eigenvalue weighted by Crippen LogP contribution is 2.31. The third-order valence-electron chi connectivity index (χ3n) is 2.44. The Kier molecular flexibility index (Phi) is 2.89. The molecule has 0 radical (unpaired) electrons. The highest BCUT2D eigenvalue weighted by Gasteiger charge is 2.18. The van der Waals surface area contributed by atoms with Gasteiger partial charge >= 0.3 is 0 Å². The van der Waals surface area contributed by atoms with Gasteiger partial charge in [0.05, 0.1) is 0 Å². The predicted octanol–water partition coefficient (Wildman–Crippen LogP) is 3.36. The molecule has 78 valence electrons. The van der Waals surface area contributed by atoms with Gasteiger partial charge in [-0.3, -0.25) is 0 Å². The summed E-state index contributed by atoms with van der Waals surface area (Å²) in [4.78, 5) is 2.18. The molecule has 1 heteroatoms. The zero-order valence-corrected chi connectivity index (χ0v) is 10.2. The number of benzene rings is 1. The highest BCUT2D eigenvalue weighted by atomic mass is 15.1. The molecule has 0 heterocycles. The summed E-state index contributed by atoms with van der Waals surface area (Å²) in [6.45, 7) is 8.92. The Hall–Kier alpha value is -0.980. The van der Waals surface area contributed by atoms with Gasteiger partial charge in [-0.1, -0.05) is 38.5 Å². The lowest BCUT2D eigenvalue weighted by molar-refractivity contribution is 0.589. The molecule has 0 spiro atoms. The van der Waals surface area contributed by atoms with Crippen molar-refractivity contribution < 1.29 is 0 Å². The second-order valence-corrected chi connectivity index (χ2v) is 5.17. The first-order valence-corrected chi connectivity index (χ1v) is 5.11. The quantitative estimate of drug-likeness (QED) is 0.658. The Balaban J connectivity index is 3.30.